The molecule has 0 aliphatic carbocycles. The van der Waals surface area contributed by atoms with Crippen LogP contribution in [0.5, 0.6) is 5.75 Å². The normalized spacial score (nSPS) is 8.87. The van der Waals surface area contributed by atoms with Crippen molar-refractivity contribution in [3.05, 3.63) is 78.3 Å². The highest BCUT2D eigenvalue weighted by Crippen LogP contribution is 2.23. The lowest BCUT2D eigenvalue weighted by atomic mass is 10.3. The summed E-state index contributed by atoms with van der Waals surface area (Å²) in [6, 6.07) is 21.0. The lowest BCUT2D eigenvalue weighted by Gasteiger charge is -2.07. The Morgan fingerprint density at radius 2 is 1.48 bits per heavy atom. The molecule has 1 aromatic heterocycles. The predicted molar refractivity (Wildman–Crippen MR) is 131 cm³/mol. The van der Waals surface area contributed by atoms with Gasteiger partial charge in [-0.25, -0.2) is 4.79 Å². The molecule has 3 rings (SSSR count). The maximum absolute atomic E-state index is 11.3. The molecule has 0 bridgehead atoms. The number of benzene rings is 2. The summed E-state index contributed by atoms with van der Waals surface area (Å²) in [5.74, 6) is 0.935. The van der Waals surface area contributed by atoms with Crippen LogP contribution in [0.15, 0.2) is 76.0 Å². The zero-order valence-electron chi connectivity index (χ0n) is 19.6. The van der Waals surface area contributed by atoms with Crippen LogP contribution in [0.25, 0.3) is 0 Å². The Morgan fingerprint density at radius 3 is 2.06 bits per heavy atom. The molecule has 6 heteroatoms. The molecule has 0 spiro atoms. The number of carbonyl (C=O) groups is 1. The average molecular weight is 446 g/mol. The minimum Gasteiger partial charge on any atom is -0.486 e. The maximum atomic E-state index is 11.3. The predicted octanol–water partition coefficient (Wildman–Crippen LogP) is 7.84. The van der Waals surface area contributed by atoms with Crippen molar-refractivity contribution in [1.29, 1.82) is 0 Å². The van der Waals surface area contributed by atoms with Crippen LogP contribution in [0.1, 0.15) is 57.9 Å². The van der Waals surface area contributed by atoms with Gasteiger partial charge >= 0.3 is 5.97 Å². The Balaban J connectivity index is 0.00000138. The molecule has 0 aliphatic rings. The van der Waals surface area contributed by atoms with Crippen molar-refractivity contribution in [3.8, 4) is 5.75 Å². The van der Waals surface area contributed by atoms with Gasteiger partial charge in [0, 0.05) is 10.6 Å². The first kappa shape index (κ1) is 28.1. The van der Waals surface area contributed by atoms with E-state index in [9.17, 15) is 4.79 Å². The average Bonchev–Trinajstić information content (AvgIpc) is 3.35. The van der Waals surface area contributed by atoms with Gasteiger partial charge in [0.2, 0.25) is 5.76 Å². The number of rotatable bonds is 7. The Kier molecular flexibility index (Phi) is 16.3. The molecule has 0 radical (unpaired) electrons. The molecule has 1 heterocycles. The summed E-state index contributed by atoms with van der Waals surface area (Å²) in [6.45, 7) is 12.2. The smallest absolute Gasteiger partial charge is 0.373 e. The molecule has 3 aromatic rings. The zero-order valence-corrected chi connectivity index (χ0v) is 20.4. The minimum absolute atomic E-state index is 0.165. The van der Waals surface area contributed by atoms with Crippen LogP contribution in [0.3, 0.4) is 0 Å². The number of ether oxygens (including phenoxy) is 2. The number of anilines is 1. The lowest BCUT2D eigenvalue weighted by molar-refractivity contribution is 0.0561. The summed E-state index contributed by atoms with van der Waals surface area (Å²) in [4.78, 5) is 12.5. The van der Waals surface area contributed by atoms with Crippen molar-refractivity contribution in [2.24, 2.45) is 0 Å². The van der Waals surface area contributed by atoms with Crippen molar-refractivity contribution < 1.29 is 18.7 Å². The van der Waals surface area contributed by atoms with Gasteiger partial charge in [0.1, 0.15) is 18.1 Å². The molecular weight excluding hydrogens is 410 g/mol. The topological polar surface area (TPSA) is 60.7 Å². The molecule has 0 amide bonds. The van der Waals surface area contributed by atoms with Gasteiger partial charge in [-0.05, 0) is 60.5 Å². The van der Waals surface area contributed by atoms with Crippen molar-refractivity contribution in [3.63, 3.8) is 0 Å². The van der Waals surface area contributed by atoms with E-state index < -0.39 is 5.97 Å². The second-order valence-electron chi connectivity index (χ2n) is 5.09. The Labute approximate surface area is 191 Å². The molecule has 0 saturated heterocycles. The monoisotopic (exact) mass is 445 g/mol. The number of carbonyl (C=O) groups excluding carboxylic acids is 1. The zero-order chi connectivity index (χ0) is 23.5. The first-order chi connectivity index (χ1) is 15.2. The van der Waals surface area contributed by atoms with Gasteiger partial charge < -0.3 is 18.6 Å². The van der Waals surface area contributed by atoms with Crippen LogP contribution < -0.4 is 9.46 Å². The third-order valence-electron chi connectivity index (χ3n) is 3.31. The molecule has 0 fully saturated rings. The Bertz CT molecular complexity index is 817. The van der Waals surface area contributed by atoms with Crippen molar-refractivity contribution in [1.82, 2.24) is 0 Å². The molecule has 0 saturated carbocycles. The largest absolute Gasteiger partial charge is 0.486 e. The van der Waals surface area contributed by atoms with Crippen molar-refractivity contribution in [2.45, 2.75) is 53.0 Å². The van der Waals surface area contributed by atoms with E-state index in [1.807, 2.05) is 96.1 Å². The summed E-state index contributed by atoms with van der Waals surface area (Å²) in [6.07, 6.45) is 0. The molecule has 2 aromatic carbocycles. The van der Waals surface area contributed by atoms with Crippen LogP contribution in [-0.2, 0) is 11.3 Å². The summed E-state index contributed by atoms with van der Waals surface area (Å²) in [5.41, 5.74) is 0.979. The van der Waals surface area contributed by atoms with Crippen molar-refractivity contribution in [2.75, 3.05) is 11.8 Å². The lowest BCUT2D eigenvalue weighted by Crippen LogP contribution is -1.99. The van der Waals surface area contributed by atoms with E-state index in [0.29, 0.717) is 11.5 Å². The Morgan fingerprint density at radius 1 is 0.871 bits per heavy atom. The number of nitrogens with one attached hydrogen (secondary N) is 1. The highest BCUT2D eigenvalue weighted by atomic mass is 32.2. The summed E-state index contributed by atoms with van der Waals surface area (Å²) in [7, 11) is 1.31. The molecule has 170 valence electrons. The van der Waals surface area contributed by atoms with E-state index in [1.165, 1.54) is 7.11 Å². The van der Waals surface area contributed by atoms with Crippen LogP contribution >= 0.6 is 11.9 Å². The highest BCUT2D eigenvalue weighted by molar-refractivity contribution is 8.00. The third-order valence-corrected chi connectivity index (χ3v) is 4.16. The van der Waals surface area contributed by atoms with Crippen LogP contribution in [0.4, 0.5) is 5.69 Å². The molecule has 5 nitrogen and oxygen atoms in total. The fraction of sp³-hybridized carbons (Fsp3) is 0.320. The van der Waals surface area contributed by atoms with E-state index in [4.69, 9.17) is 9.15 Å². The molecule has 0 unspecified atom stereocenters. The van der Waals surface area contributed by atoms with Gasteiger partial charge in [-0.15, -0.1) is 0 Å². The summed E-state index contributed by atoms with van der Waals surface area (Å²) >= 11 is 1.55. The SMILES string of the molecule is CC.CC.CC.COC(=O)c1ccc(COc2ccc(NSc3ccccc3)cc2)o1. The summed E-state index contributed by atoms with van der Waals surface area (Å²) < 4.78 is 18.9. The van der Waals surface area contributed by atoms with E-state index >= 15 is 0 Å². The quantitative estimate of drug-likeness (QED) is 0.295. The third kappa shape index (κ3) is 10.6. The van der Waals surface area contributed by atoms with Crippen molar-refractivity contribution >= 4 is 23.6 Å². The van der Waals surface area contributed by atoms with Crippen LogP contribution in [-0.4, -0.2) is 13.1 Å². The fourth-order valence-electron chi connectivity index (χ4n) is 2.05. The number of furan rings is 1. The van der Waals surface area contributed by atoms with Gasteiger partial charge in [-0.3, -0.25) is 0 Å². The summed E-state index contributed by atoms with van der Waals surface area (Å²) in [5, 5.41) is 0. The standard InChI is InChI=1S/C19H17NO4S.3C2H6/c1-22-19(21)18-12-11-16(24-18)13-23-15-9-7-14(8-10-15)20-25-17-5-3-2-4-6-17;3*1-2/h2-12,20H,13H2,1H3;3*1-2H3. The van der Waals surface area contributed by atoms with E-state index in [-0.39, 0.29) is 12.4 Å². The molecule has 31 heavy (non-hydrogen) atoms. The van der Waals surface area contributed by atoms with E-state index in [2.05, 4.69) is 9.46 Å². The van der Waals surface area contributed by atoms with Crippen LogP contribution in [0.2, 0.25) is 0 Å². The number of hydrogen-bond donors (Lipinski definition) is 1. The minimum atomic E-state index is -0.502. The molecule has 0 aliphatic heterocycles. The molecular formula is C25H35NO4S. The second kappa shape index (κ2) is 18.0. The second-order valence-corrected chi connectivity index (χ2v) is 5.97. The first-order valence-electron chi connectivity index (χ1n) is 10.6. The van der Waals surface area contributed by atoms with Gasteiger partial charge in [-0.1, -0.05) is 59.7 Å². The highest BCUT2D eigenvalue weighted by Gasteiger charge is 2.11. The Hall–Kier alpha value is -2.86. The van der Waals surface area contributed by atoms with Gasteiger partial charge in [0.15, 0.2) is 0 Å². The van der Waals surface area contributed by atoms with Gasteiger partial charge in [-0.2, -0.15) is 0 Å². The van der Waals surface area contributed by atoms with Gasteiger partial charge in [0.05, 0.1) is 7.11 Å². The molecule has 1 N–H and O–H groups in total. The maximum Gasteiger partial charge on any atom is 0.373 e. The van der Waals surface area contributed by atoms with E-state index in [1.54, 1.807) is 24.1 Å². The molecule has 0 atom stereocenters. The fourth-order valence-corrected chi connectivity index (χ4v) is 2.71. The number of methoxy groups -OCH3 is 1. The van der Waals surface area contributed by atoms with Gasteiger partial charge in [0.25, 0.3) is 0 Å². The number of esters is 1. The van der Waals surface area contributed by atoms with Crippen LogP contribution in [0, 0.1) is 0 Å². The number of hydrogen-bond acceptors (Lipinski definition) is 6. The first-order valence-corrected chi connectivity index (χ1v) is 11.4. The van der Waals surface area contributed by atoms with E-state index in [0.717, 1.165) is 10.6 Å².